The van der Waals surface area contributed by atoms with E-state index in [-0.39, 0.29) is 18.1 Å². The highest BCUT2D eigenvalue weighted by molar-refractivity contribution is 7.13. The highest BCUT2D eigenvalue weighted by Gasteiger charge is 2.35. The lowest BCUT2D eigenvalue weighted by Gasteiger charge is -2.44. The van der Waals surface area contributed by atoms with Crippen LogP contribution in [0.2, 0.25) is 0 Å². The largest absolute Gasteiger partial charge is 0.391 e. The maximum Gasteiger partial charge on any atom is 0.271 e. The van der Waals surface area contributed by atoms with Crippen molar-refractivity contribution in [2.45, 2.75) is 31.4 Å². The molecule has 4 saturated heterocycles. The van der Waals surface area contributed by atoms with E-state index >= 15 is 0 Å². The van der Waals surface area contributed by atoms with Crippen LogP contribution in [0.25, 0.3) is 10.1 Å². The van der Waals surface area contributed by atoms with Crippen LogP contribution in [0.5, 0.6) is 0 Å². The first-order valence-electron chi connectivity index (χ1n) is 9.53. The number of hydrogen-bond donors (Lipinski definition) is 2. The fourth-order valence-electron chi connectivity index (χ4n) is 4.63. The highest BCUT2D eigenvalue weighted by Crippen LogP contribution is 2.31. The van der Waals surface area contributed by atoms with Crippen LogP contribution in [0.3, 0.4) is 0 Å². The molecule has 1 amide bonds. The van der Waals surface area contributed by atoms with E-state index in [2.05, 4.69) is 25.6 Å². The van der Waals surface area contributed by atoms with Crippen LogP contribution >= 0.6 is 11.5 Å². The minimum Gasteiger partial charge on any atom is -0.391 e. The summed E-state index contributed by atoms with van der Waals surface area (Å²) in [6.45, 7) is 4.87. The first-order chi connectivity index (χ1) is 12.7. The number of amides is 1. The standard InChI is InChI=1S/C19H24N4O2S/c24-14-5-8-23(10-14)13-1-2-15-17(9-13)26-21-18(15)19(25)20-16-11-22-6-3-12(16)4-7-22/h1-2,9,12,14,16,24H,3-8,10-11H2,(H,20,25)/t14-,16?/m0/s1. The van der Waals surface area contributed by atoms with Crippen LogP contribution in [0.1, 0.15) is 29.8 Å². The number of rotatable bonds is 3. The second-order valence-corrected chi connectivity index (χ2v) is 8.62. The molecule has 6 rings (SSSR count). The molecular formula is C19H24N4O2S. The van der Waals surface area contributed by atoms with Crippen LogP contribution in [0, 0.1) is 5.92 Å². The smallest absolute Gasteiger partial charge is 0.271 e. The third kappa shape index (κ3) is 2.88. The van der Waals surface area contributed by atoms with E-state index < -0.39 is 0 Å². The van der Waals surface area contributed by atoms with Crippen molar-refractivity contribution in [3.05, 3.63) is 23.9 Å². The molecule has 6 nitrogen and oxygen atoms in total. The number of carbonyl (C=O) groups excluding carboxylic acids is 1. The van der Waals surface area contributed by atoms with Gasteiger partial charge < -0.3 is 20.2 Å². The number of fused-ring (bicyclic) bond motifs is 4. The number of hydrogen-bond acceptors (Lipinski definition) is 6. The Hall–Kier alpha value is -1.70. The molecule has 4 fully saturated rings. The molecule has 0 radical (unpaired) electrons. The molecule has 4 aliphatic rings. The first kappa shape index (κ1) is 16.5. The Morgan fingerprint density at radius 2 is 2.04 bits per heavy atom. The Morgan fingerprint density at radius 1 is 1.19 bits per heavy atom. The molecule has 2 atom stereocenters. The molecule has 1 unspecified atom stereocenters. The molecule has 0 saturated carbocycles. The lowest BCUT2D eigenvalue weighted by atomic mass is 9.84. The Kier molecular flexibility index (Phi) is 4.10. The molecule has 1 aromatic heterocycles. The van der Waals surface area contributed by atoms with Gasteiger partial charge in [0.25, 0.3) is 5.91 Å². The van der Waals surface area contributed by atoms with Gasteiger partial charge in [-0.15, -0.1) is 0 Å². The normalized spacial score (nSPS) is 30.9. The number of aliphatic hydroxyl groups is 1. The van der Waals surface area contributed by atoms with E-state index in [1.165, 1.54) is 37.5 Å². The quantitative estimate of drug-likeness (QED) is 0.858. The van der Waals surface area contributed by atoms with Crippen molar-refractivity contribution in [1.82, 2.24) is 14.6 Å². The monoisotopic (exact) mass is 372 g/mol. The van der Waals surface area contributed by atoms with Gasteiger partial charge in [-0.1, -0.05) is 0 Å². The number of β-amino-alcohol motifs (C(OH)–C–C–N with tert-alkyl or cyclic N) is 1. The molecule has 1 aromatic carbocycles. The zero-order valence-electron chi connectivity index (χ0n) is 14.7. The molecule has 7 heteroatoms. The van der Waals surface area contributed by atoms with Crippen molar-refractivity contribution >= 4 is 33.2 Å². The minimum atomic E-state index is -0.241. The third-order valence-corrected chi connectivity index (χ3v) is 6.98. The lowest BCUT2D eigenvalue weighted by molar-refractivity contribution is 0.0619. The van der Waals surface area contributed by atoms with Gasteiger partial charge in [-0.25, -0.2) is 0 Å². The van der Waals surface area contributed by atoms with Crippen molar-refractivity contribution in [1.29, 1.82) is 0 Å². The van der Waals surface area contributed by atoms with E-state index in [9.17, 15) is 9.90 Å². The van der Waals surface area contributed by atoms with Crippen LogP contribution in [-0.2, 0) is 0 Å². The fourth-order valence-corrected chi connectivity index (χ4v) is 5.44. The summed E-state index contributed by atoms with van der Waals surface area (Å²) < 4.78 is 5.48. The van der Waals surface area contributed by atoms with Crippen molar-refractivity contribution in [3.63, 3.8) is 0 Å². The summed E-state index contributed by atoms with van der Waals surface area (Å²) in [6.07, 6.45) is 2.95. The van der Waals surface area contributed by atoms with Crippen molar-refractivity contribution in [2.75, 3.05) is 37.6 Å². The summed E-state index contributed by atoms with van der Waals surface area (Å²) in [4.78, 5) is 17.5. The van der Waals surface area contributed by atoms with E-state index in [0.717, 1.165) is 35.3 Å². The van der Waals surface area contributed by atoms with Crippen LogP contribution < -0.4 is 10.2 Å². The van der Waals surface area contributed by atoms with Gasteiger partial charge in [0.15, 0.2) is 0 Å². The summed E-state index contributed by atoms with van der Waals surface area (Å²) >= 11 is 1.38. The van der Waals surface area contributed by atoms with Crippen LogP contribution in [0.4, 0.5) is 5.69 Å². The van der Waals surface area contributed by atoms with Crippen molar-refractivity contribution in [3.8, 4) is 0 Å². The Bertz CT molecular complexity index is 830. The second kappa shape index (κ2) is 6.48. The van der Waals surface area contributed by atoms with Gasteiger partial charge in [0.1, 0.15) is 5.69 Å². The fraction of sp³-hybridized carbons (Fsp3) is 0.579. The number of piperidine rings is 3. The van der Waals surface area contributed by atoms with Gasteiger partial charge in [-0.3, -0.25) is 4.79 Å². The summed E-state index contributed by atoms with van der Waals surface area (Å²) in [5.41, 5.74) is 1.65. The SMILES string of the molecule is O=C(NC1CN2CCC1CC2)c1nsc2cc(N3CC[C@H](O)C3)ccc12. The van der Waals surface area contributed by atoms with Gasteiger partial charge in [-0.05, 0) is 68.0 Å². The topological polar surface area (TPSA) is 68.7 Å². The molecule has 2 N–H and O–H groups in total. The predicted octanol–water partition coefficient (Wildman–Crippen LogP) is 1.69. The molecule has 26 heavy (non-hydrogen) atoms. The number of anilines is 1. The highest BCUT2D eigenvalue weighted by atomic mass is 32.1. The zero-order valence-corrected chi connectivity index (χ0v) is 15.5. The molecule has 138 valence electrons. The van der Waals surface area contributed by atoms with E-state index in [1.54, 1.807) is 0 Å². The number of carbonyl (C=O) groups is 1. The van der Waals surface area contributed by atoms with Crippen molar-refractivity contribution < 1.29 is 9.90 Å². The summed E-state index contributed by atoms with van der Waals surface area (Å²) in [5, 5.41) is 13.9. The number of nitrogens with one attached hydrogen (secondary N) is 1. The van der Waals surface area contributed by atoms with Gasteiger partial charge in [0, 0.05) is 36.7 Å². The van der Waals surface area contributed by atoms with Gasteiger partial charge >= 0.3 is 0 Å². The third-order valence-electron chi connectivity index (χ3n) is 6.17. The number of aliphatic hydroxyl groups excluding tert-OH is 1. The average molecular weight is 372 g/mol. The Labute approximate surface area is 157 Å². The maximum absolute atomic E-state index is 12.8. The number of aromatic nitrogens is 1. The second-order valence-electron chi connectivity index (χ2n) is 7.82. The zero-order chi connectivity index (χ0) is 17.7. The molecule has 0 spiro atoms. The molecule has 0 aliphatic carbocycles. The molecule has 2 bridgehead atoms. The number of nitrogens with zero attached hydrogens (tertiary/aromatic N) is 3. The molecule has 2 aromatic rings. The predicted molar refractivity (Wildman–Crippen MR) is 103 cm³/mol. The maximum atomic E-state index is 12.8. The average Bonchev–Trinajstić information content (AvgIpc) is 3.28. The first-order valence-corrected chi connectivity index (χ1v) is 10.3. The lowest BCUT2D eigenvalue weighted by Crippen LogP contribution is -2.57. The van der Waals surface area contributed by atoms with E-state index in [4.69, 9.17) is 0 Å². The van der Waals surface area contributed by atoms with Gasteiger partial charge in [-0.2, -0.15) is 4.37 Å². The summed E-state index contributed by atoms with van der Waals surface area (Å²) in [7, 11) is 0. The van der Waals surface area contributed by atoms with Crippen LogP contribution in [-0.4, -0.2) is 65.2 Å². The molecular weight excluding hydrogens is 348 g/mol. The Balaban J connectivity index is 1.35. The Morgan fingerprint density at radius 3 is 2.73 bits per heavy atom. The molecule has 4 aliphatic heterocycles. The summed E-state index contributed by atoms with van der Waals surface area (Å²) in [5.74, 6) is 0.571. The molecule has 5 heterocycles. The minimum absolute atomic E-state index is 0.0423. The van der Waals surface area contributed by atoms with E-state index in [0.29, 0.717) is 18.2 Å². The van der Waals surface area contributed by atoms with Crippen LogP contribution in [0.15, 0.2) is 18.2 Å². The van der Waals surface area contributed by atoms with Crippen molar-refractivity contribution in [2.24, 2.45) is 5.92 Å². The van der Waals surface area contributed by atoms with Gasteiger partial charge in [0.2, 0.25) is 0 Å². The van der Waals surface area contributed by atoms with Gasteiger partial charge in [0.05, 0.1) is 10.8 Å². The van der Waals surface area contributed by atoms with E-state index in [1.807, 2.05) is 12.1 Å². The number of benzene rings is 1. The summed E-state index contributed by atoms with van der Waals surface area (Å²) in [6, 6.07) is 6.40.